The lowest BCUT2D eigenvalue weighted by Crippen LogP contribution is -2.46. The number of aliphatic hydroxyl groups excluding tert-OH is 1. The van der Waals surface area contributed by atoms with Crippen molar-refractivity contribution >= 4 is 19.8 Å². The van der Waals surface area contributed by atoms with Crippen LogP contribution >= 0.6 is 7.82 Å². The molecule has 1 heterocycles. The molecule has 11 nitrogen and oxygen atoms in total. The molecule has 0 aromatic carbocycles. The number of hydrogen-bond donors (Lipinski definition) is 4. The maximum absolute atomic E-state index is 12.6. The summed E-state index contributed by atoms with van der Waals surface area (Å²) in [6.45, 7) is 2.28. The Morgan fingerprint density at radius 1 is 1.13 bits per heavy atom. The van der Waals surface area contributed by atoms with Gasteiger partial charge in [-0.05, 0) is 77.5 Å². The Morgan fingerprint density at radius 2 is 1.87 bits per heavy atom. The Morgan fingerprint density at radius 3 is 2.54 bits per heavy atom. The summed E-state index contributed by atoms with van der Waals surface area (Å²) in [5.41, 5.74) is -1.91. The number of aliphatic hydroxyl groups is 2. The van der Waals surface area contributed by atoms with Crippen molar-refractivity contribution in [2.75, 3.05) is 20.6 Å². The van der Waals surface area contributed by atoms with Gasteiger partial charge in [-0.25, -0.2) is 9.36 Å². The molecule has 7 atom stereocenters. The number of phosphoric acid groups is 1. The third kappa shape index (κ3) is 13.2. The van der Waals surface area contributed by atoms with Crippen molar-refractivity contribution in [1.29, 1.82) is 0 Å². The van der Waals surface area contributed by atoms with Gasteiger partial charge < -0.3 is 34.4 Å². The second-order valence-corrected chi connectivity index (χ2v) is 14.4. The summed E-state index contributed by atoms with van der Waals surface area (Å²) >= 11 is 0. The zero-order valence-electron chi connectivity index (χ0n) is 27.5. The Kier molecular flexibility index (Phi) is 15.4. The predicted molar refractivity (Wildman–Crippen MR) is 174 cm³/mol. The lowest BCUT2D eigenvalue weighted by atomic mass is 9.86. The molecule has 12 heteroatoms. The van der Waals surface area contributed by atoms with Crippen LogP contribution in [0.3, 0.4) is 0 Å². The molecule has 0 aromatic heterocycles. The van der Waals surface area contributed by atoms with Gasteiger partial charge in [-0.3, -0.25) is 9.32 Å². The quantitative estimate of drug-likeness (QED) is 0.0777. The summed E-state index contributed by atoms with van der Waals surface area (Å²) in [5.74, 6) is -0.457. The average Bonchev–Trinajstić information content (AvgIpc) is 3.01. The van der Waals surface area contributed by atoms with Crippen LogP contribution in [0.1, 0.15) is 84.0 Å². The number of carbonyl (C=O) groups is 2. The summed E-state index contributed by atoms with van der Waals surface area (Å²) < 4.78 is 28.3. The first-order valence-electron chi connectivity index (χ1n) is 16.7. The number of cyclic esters (lactones) is 1. The molecule has 7 unspecified atom stereocenters. The summed E-state index contributed by atoms with van der Waals surface area (Å²) in [6, 6.07) is 0. The van der Waals surface area contributed by atoms with Gasteiger partial charge in [0, 0.05) is 25.0 Å². The Balaban J connectivity index is 1.66. The van der Waals surface area contributed by atoms with E-state index in [1.807, 2.05) is 19.1 Å². The summed E-state index contributed by atoms with van der Waals surface area (Å²) in [6.07, 6.45) is 18.6. The van der Waals surface area contributed by atoms with Crippen LogP contribution in [0.25, 0.3) is 0 Å². The van der Waals surface area contributed by atoms with Crippen LogP contribution in [0.15, 0.2) is 48.6 Å². The summed E-state index contributed by atoms with van der Waals surface area (Å²) in [5, 5.41) is 22.6. The van der Waals surface area contributed by atoms with Crippen molar-refractivity contribution in [3.63, 3.8) is 0 Å². The Bertz CT molecular complexity index is 1140. The van der Waals surface area contributed by atoms with E-state index in [0.717, 1.165) is 51.4 Å². The highest BCUT2D eigenvalue weighted by Crippen LogP contribution is 2.42. The van der Waals surface area contributed by atoms with E-state index in [2.05, 4.69) is 0 Å². The maximum Gasteiger partial charge on any atom is 0.469 e. The van der Waals surface area contributed by atoms with Crippen LogP contribution < -0.4 is 0 Å². The first-order chi connectivity index (χ1) is 21.8. The van der Waals surface area contributed by atoms with Crippen molar-refractivity contribution in [2.45, 2.75) is 114 Å². The topological polar surface area (TPSA) is 163 Å². The highest BCUT2D eigenvalue weighted by atomic mass is 31.2. The number of allylic oxidation sites excluding steroid dienone is 3. The molecule has 2 saturated carbocycles. The van der Waals surface area contributed by atoms with E-state index in [1.54, 1.807) is 31.1 Å². The number of phosphoric ester groups is 1. The molecule has 3 rings (SSSR count). The molecular weight excluding hydrogens is 613 g/mol. The van der Waals surface area contributed by atoms with Crippen LogP contribution in [-0.4, -0.2) is 87.5 Å². The molecule has 0 spiro atoms. The SMILES string of the molecule is CCC1C=CC(=O)OC1/C=C/C(O)(CCN(C)C)C(CC(O)/C=C\C=C/C1CCCC(OC(=O)C2CCCCC2)C1)OP(=O)(O)O. The van der Waals surface area contributed by atoms with E-state index in [-0.39, 0.29) is 42.7 Å². The van der Waals surface area contributed by atoms with Crippen LogP contribution in [0.2, 0.25) is 0 Å². The zero-order valence-corrected chi connectivity index (χ0v) is 28.4. The molecule has 2 fully saturated rings. The van der Waals surface area contributed by atoms with E-state index < -0.39 is 37.7 Å². The number of esters is 2. The third-order valence-electron chi connectivity index (χ3n) is 9.15. The fraction of sp³-hybridized carbons (Fsp3) is 0.706. The van der Waals surface area contributed by atoms with Crippen LogP contribution in [0, 0.1) is 17.8 Å². The second-order valence-electron chi connectivity index (χ2n) is 13.2. The van der Waals surface area contributed by atoms with Crippen molar-refractivity contribution in [3.8, 4) is 0 Å². The van der Waals surface area contributed by atoms with Gasteiger partial charge in [0.25, 0.3) is 0 Å². The van der Waals surface area contributed by atoms with Crippen LogP contribution in [0.5, 0.6) is 0 Å². The van der Waals surface area contributed by atoms with Gasteiger partial charge in [-0.2, -0.15) is 0 Å². The van der Waals surface area contributed by atoms with Gasteiger partial charge in [0.15, 0.2) is 0 Å². The van der Waals surface area contributed by atoms with Gasteiger partial charge in [0.05, 0.1) is 12.0 Å². The summed E-state index contributed by atoms with van der Waals surface area (Å²) in [4.78, 5) is 45.7. The molecule has 0 saturated heterocycles. The van der Waals surface area contributed by atoms with E-state index in [1.165, 1.54) is 30.7 Å². The lowest BCUT2D eigenvalue weighted by Gasteiger charge is -2.36. The predicted octanol–water partition coefficient (Wildman–Crippen LogP) is 4.76. The van der Waals surface area contributed by atoms with E-state index in [9.17, 15) is 34.2 Å². The Hall–Kier alpha value is -2.11. The smallest absolute Gasteiger partial charge is 0.462 e. The van der Waals surface area contributed by atoms with Gasteiger partial charge in [0.1, 0.15) is 23.9 Å². The number of nitrogens with zero attached hydrogens (tertiary/aromatic N) is 1. The van der Waals surface area contributed by atoms with Crippen molar-refractivity contribution in [1.82, 2.24) is 4.90 Å². The fourth-order valence-electron chi connectivity index (χ4n) is 6.42. The second kappa shape index (κ2) is 18.4. The Labute approximate surface area is 273 Å². The molecule has 0 bridgehead atoms. The standard InChI is InChI=1S/C34H54NO10P/c1-4-26-17-18-32(37)44-30(26)19-20-34(39,21-22-35(2)3)31(45-46(40,41)42)24-28(36)15-9-8-11-25-12-10-16-29(23-25)43-33(38)27-13-6-5-7-14-27/h8-9,11,15,17-20,25-31,36,39H,4-7,10,12-14,16,21-24H2,1-3H3,(H2,40,41,42)/b11-8-,15-9-,20-19+. The van der Waals surface area contributed by atoms with Crippen molar-refractivity contribution in [2.24, 2.45) is 17.8 Å². The molecule has 4 N–H and O–H groups in total. The van der Waals surface area contributed by atoms with Gasteiger partial charge in [-0.15, -0.1) is 0 Å². The number of carbonyl (C=O) groups excluding carboxylic acids is 2. The minimum atomic E-state index is -5.07. The van der Waals surface area contributed by atoms with Gasteiger partial charge in [-0.1, -0.05) is 62.6 Å². The van der Waals surface area contributed by atoms with E-state index >= 15 is 0 Å². The van der Waals surface area contributed by atoms with Gasteiger partial charge >= 0.3 is 19.8 Å². The number of rotatable bonds is 16. The molecule has 260 valence electrons. The fourth-order valence-corrected chi connectivity index (χ4v) is 7.02. The normalized spacial score (nSPS) is 27.7. The zero-order chi connectivity index (χ0) is 33.7. The van der Waals surface area contributed by atoms with Gasteiger partial charge in [0.2, 0.25) is 0 Å². The molecule has 1 aliphatic heterocycles. The van der Waals surface area contributed by atoms with E-state index in [0.29, 0.717) is 13.0 Å². The molecule has 0 aromatic rings. The summed E-state index contributed by atoms with van der Waals surface area (Å²) in [7, 11) is -1.48. The largest absolute Gasteiger partial charge is 0.469 e. The van der Waals surface area contributed by atoms with Crippen molar-refractivity contribution in [3.05, 3.63) is 48.6 Å². The molecule has 46 heavy (non-hydrogen) atoms. The molecule has 0 radical (unpaired) electrons. The lowest BCUT2D eigenvalue weighted by molar-refractivity contribution is -0.157. The molecule has 3 aliphatic rings. The maximum atomic E-state index is 12.6. The highest BCUT2D eigenvalue weighted by molar-refractivity contribution is 7.46. The monoisotopic (exact) mass is 667 g/mol. The molecular formula is C34H54NO10P. The number of ether oxygens (including phenoxy) is 2. The van der Waals surface area contributed by atoms with Crippen molar-refractivity contribution < 1.29 is 48.2 Å². The first-order valence-corrected chi connectivity index (χ1v) is 18.2. The minimum Gasteiger partial charge on any atom is -0.462 e. The highest BCUT2D eigenvalue weighted by Gasteiger charge is 2.41. The third-order valence-corrected chi connectivity index (χ3v) is 9.68. The molecule has 2 aliphatic carbocycles. The minimum absolute atomic E-state index is 0.0266. The average molecular weight is 668 g/mol. The first kappa shape index (κ1) is 38.3. The molecule has 0 amide bonds. The van der Waals surface area contributed by atoms with E-state index in [4.69, 9.17) is 14.0 Å². The van der Waals surface area contributed by atoms with Crippen LogP contribution in [-0.2, 0) is 28.2 Å². The number of hydrogen-bond acceptors (Lipinski definition) is 9. The van der Waals surface area contributed by atoms with Crippen LogP contribution in [0.4, 0.5) is 0 Å².